The lowest BCUT2D eigenvalue weighted by atomic mass is 10.1. The number of pyridine rings is 1. The molecule has 0 spiro atoms. The predicted octanol–water partition coefficient (Wildman–Crippen LogP) is 4.27. The fourth-order valence-corrected chi connectivity index (χ4v) is 3.26. The highest BCUT2D eigenvalue weighted by Crippen LogP contribution is 2.32. The molecule has 7 heteroatoms. The Labute approximate surface area is 173 Å². The van der Waals surface area contributed by atoms with E-state index in [1.54, 1.807) is 12.3 Å². The first-order chi connectivity index (χ1) is 14.0. The number of rotatable bonds is 6. The zero-order valence-corrected chi connectivity index (χ0v) is 16.5. The highest BCUT2D eigenvalue weighted by atomic mass is 35.5. The molecule has 1 amide bonds. The maximum Gasteiger partial charge on any atom is 0.266 e. The van der Waals surface area contributed by atoms with Gasteiger partial charge in [0, 0.05) is 21.5 Å². The molecule has 3 aromatic rings. The number of halogens is 1. The van der Waals surface area contributed by atoms with Gasteiger partial charge in [-0.05, 0) is 42.8 Å². The van der Waals surface area contributed by atoms with Crippen molar-refractivity contribution >= 4 is 45.5 Å². The number of aromatic nitrogens is 1. The van der Waals surface area contributed by atoms with E-state index >= 15 is 0 Å². The standard InChI is InChI=1S/C22H19ClN4O2/c1-13-14(10-19(26-13)21(24)28)12-29-20-11-25-22(18-5-3-2-4-17(18)20)27-16-8-6-15(23)7-9-16/h2-11,13H,12H2,1H3,(H2,24,28)(H,25,27). The van der Waals surface area contributed by atoms with E-state index < -0.39 is 5.91 Å². The average Bonchev–Trinajstić information content (AvgIpc) is 3.10. The normalized spacial score (nSPS) is 15.7. The molecule has 1 unspecified atom stereocenters. The van der Waals surface area contributed by atoms with Crippen LogP contribution in [0.2, 0.25) is 5.02 Å². The number of primary amides is 1. The van der Waals surface area contributed by atoms with Crippen LogP contribution in [-0.4, -0.2) is 29.3 Å². The van der Waals surface area contributed by atoms with Crippen LogP contribution in [0, 0.1) is 0 Å². The number of carbonyl (C=O) groups is 1. The fourth-order valence-electron chi connectivity index (χ4n) is 3.13. The lowest BCUT2D eigenvalue weighted by Crippen LogP contribution is -2.20. The van der Waals surface area contributed by atoms with Gasteiger partial charge in [0.15, 0.2) is 0 Å². The first-order valence-corrected chi connectivity index (χ1v) is 9.50. The quantitative estimate of drug-likeness (QED) is 0.639. The molecule has 0 bridgehead atoms. The van der Waals surface area contributed by atoms with Gasteiger partial charge in [0.1, 0.15) is 23.9 Å². The first-order valence-electron chi connectivity index (χ1n) is 9.12. The number of ether oxygens (including phenoxy) is 1. The summed E-state index contributed by atoms with van der Waals surface area (Å²) in [4.78, 5) is 20.1. The second-order valence-electron chi connectivity index (χ2n) is 6.71. The molecule has 1 aliphatic rings. The molecule has 2 aromatic carbocycles. The maximum atomic E-state index is 11.3. The molecule has 1 aromatic heterocycles. The fraction of sp³-hybridized carbons (Fsp3) is 0.136. The summed E-state index contributed by atoms with van der Waals surface area (Å²) in [7, 11) is 0. The van der Waals surface area contributed by atoms with Crippen molar-refractivity contribution < 1.29 is 9.53 Å². The van der Waals surface area contributed by atoms with Gasteiger partial charge in [-0.25, -0.2) is 4.98 Å². The average molecular weight is 407 g/mol. The largest absolute Gasteiger partial charge is 0.487 e. The van der Waals surface area contributed by atoms with E-state index in [4.69, 9.17) is 22.1 Å². The lowest BCUT2D eigenvalue weighted by molar-refractivity contribution is -0.111. The van der Waals surface area contributed by atoms with Gasteiger partial charge in [-0.3, -0.25) is 9.79 Å². The molecular formula is C22H19ClN4O2. The van der Waals surface area contributed by atoms with E-state index in [0.29, 0.717) is 17.4 Å². The third-order valence-corrected chi connectivity index (χ3v) is 4.96. The van der Waals surface area contributed by atoms with Gasteiger partial charge < -0.3 is 15.8 Å². The Morgan fingerprint density at radius 1 is 1.17 bits per heavy atom. The van der Waals surface area contributed by atoms with Crippen LogP contribution < -0.4 is 15.8 Å². The van der Waals surface area contributed by atoms with Gasteiger partial charge in [0.05, 0.1) is 12.2 Å². The van der Waals surface area contributed by atoms with E-state index in [2.05, 4.69) is 15.3 Å². The number of anilines is 2. The molecule has 0 aliphatic carbocycles. The lowest BCUT2D eigenvalue weighted by Gasteiger charge is -2.14. The second kappa shape index (κ2) is 7.93. The zero-order valence-electron chi connectivity index (χ0n) is 15.7. The van der Waals surface area contributed by atoms with Gasteiger partial charge >= 0.3 is 0 Å². The minimum absolute atomic E-state index is 0.137. The molecule has 1 atom stereocenters. The van der Waals surface area contributed by atoms with E-state index in [1.165, 1.54) is 0 Å². The molecule has 3 N–H and O–H groups in total. The topological polar surface area (TPSA) is 89.6 Å². The number of hydrogen-bond acceptors (Lipinski definition) is 5. The summed E-state index contributed by atoms with van der Waals surface area (Å²) in [5.41, 5.74) is 7.38. The number of hydrogen-bond donors (Lipinski definition) is 2. The Hall–Kier alpha value is -3.38. The van der Waals surface area contributed by atoms with Gasteiger partial charge in [0.2, 0.25) is 0 Å². The van der Waals surface area contributed by atoms with Crippen LogP contribution in [0.1, 0.15) is 6.92 Å². The first kappa shape index (κ1) is 19.0. The summed E-state index contributed by atoms with van der Waals surface area (Å²) >= 11 is 5.96. The van der Waals surface area contributed by atoms with E-state index in [1.807, 2.05) is 55.5 Å². The van der Waals surface area contributed by atoms with Crippen LogP contribution in [0.5, 0.6) is 5.75 Å². The summed E-state index contributed by atoms with van der Waals surface area (Å²) < 4.78 is 6.02. The summed E-state index contributed by atoms with van der Waals surface area (Å²) in [5.74, 6) is 0.850. The summed E-state index contributed by atoms with van der Waals surface area (Å²) in [5, 5.41) is 5.86. The van der Waals surface area contributed by atoms with Gasteiger partial charge in [0.25, 0.3) is 5.91 Å². The molecule has 146 valence electrons. The van der Waals surface area contributed by atoms with Crippen molar-refractivity contribution in [2.24, 2.45) is 10.7 Å². The maximum absolute atomic E-state index is 11.3. The highest BCUT2D eigenvalue weighted by Gasteiger charge is 2.20. The van der Waals surface area contributed by atoms with E-state index in [9.17, 15) is 4.79 Å². The van der Waals surface area contributed by atoms with Gasteiger partial charge in [-0.15, -0.1) is 0 Å². The van der Waals surface area contributed by atoms with Crippen molar-refractivity contribution in [2.45, 2.75) is 13.0 Å². The van der Waals surface area contributed by atoms with Crippen LogP contribution in [0.4, 0.5) is 11.5 Å². The molecule has 0 fully saturated rings. The molecule has 6 nitrogen and oxygen atoms in total. The van der Waals surface area contributed by atoms with Crippen LogP contribution in [-0.2, 0) is 4.79 Å². The van der Waals surface area contributed by atoms with Crippen LogP contribution in [0.25, 0.3) is 10.8 Å². The molecule has 29 heavy (non-hydrogen) atoms. The highest BCUT2D eigenvalue weighted by molar-refractivity contribution is 6.43. The van der Waals surface area contributed by atoms with Crippen LogP contribution in [0.3, 0.4) is 0 Å². The van der Waals surface area contributed by atoms with Crippen LogP contribution in [0.15, 0.2) is 71.4 Å². The Morgan fingerprint density at radius 2 is 1.90 bits per heavy atom. The molecular weight excluding hydrogens is 388 g/mol. The minimum atomic E-state index is -0.531. The summed E-state index contributed by atoms with van der Waals surface area (Å²) in [6, 6.07) is 15.2. The SMILES string of the molecule is CC1N=C(C(N)=O)C=C1COc1cnc(Nc2ccc(Cl)cc2)c2ccccc12. The van der Waals surface area contributed by atoms with Crippen LogP contribution >= 0.6 is 11.6 Å². The summed E-state index contributed by atoms with van der Waals surface area (Å²) in [6.45, 7) is 2.21. The van der Waals surface area contributed by atoms with Crippen molar-refractivity contribution in [1.29, 1.82) is 0 Å². The number of aliphatic imine (C=N–C) groups is 1. The molecule has 0 saturated carbocycles. The molecule has 0 radical (unpaired) electrons. The molecule has 4 rings (SSSR count). The van der Waals surface area contributed by atoms with E-state index in [0.717, 1.165) is 27.9 Å². The van der Waals surface area contributed by atoms with Crippen molar-refractivity contribution in [3.05, 3.63) is 71.4 Å². The van der Waals surface area contributed by atoms with Gasteiger partial charge in [-0.2, -0.15) is 0 Å². The molecule has 2 heterocycles. The number of benzene rings is 2. The van der Waals surface area contributed by atoms with Crippen molar-refractivity contribution in [3.63, 3.8) is 0 Å². The second-order valence-corrected chi connectivity index (χ2v) is 7.15. The Morgan fingerprint density at radius 3 is 2.59 bits per heavy atom. The predicted molar refractivity (Wildman–Crippen MR) is 116 cm³/mol. The Bertz CT molecular complexity index is 1140. The minimum Gasteiger partial charge on any atom is -0.487 e. The smallest absolute Gasteiger partial charge is 0.266 e. The zero-order chi connectivity index (χ0) is 20.4. The van der Waals surface area contributed by atoms with Gasteiger partial charge in [-0.1, -0.05) is 35.9 Å². The third kappa shape index (κ3) is 4.07. The Balaban J connectivity index is 1.58. The number of nitrogens with one attached hydrogen (secondary N) is 1. The van der Waals surface area contributed by atoms with Crippen molar-refractivity contribution in [3.8, 4) is 5.75 Å². The Kier molecular flexibility index (Phi) is 5.18. The van der Waals surface area contributed by atoms with E-state index in [-0.39, 0.29) is 11.8 Å². The number of fused-ring (bicyclic) bond motifs is 1. The number of nitrogens with two attached hydrogens (primary N) is 1. The number of carbonyl (C=O) groups excluding carboxylic acids is 1. The van der Waals surface area contributed by atoms with Crippen molar-refractivity contribution in [1.82, 2.24) is 4.98 Å². The molecule has 0 saturated heterocycles. The molecule has 1 aliphatic heterocycles. The summed E-state index contributed by atoms with van der Waals surface area (Å²) in [6.07, 6.45) is 3.38. The monoisotopic (exact) mass is 406 g/mol. The van der Waals surface area contributed by atoms with Crippen molar-refractivity contribution in [2.75, 3.05) is 11.9 Å². The number of nitrogens with zero attached hydrogens (tertiary/aromatic N) is 2. The number of amides is 1. The third-order valence-electron chi connectivity index (χ3n) is 4.70.